The van der Waals surface area contributed by atoms with E-state index in [1.165, 1.54) is 15.6 Å². The van der Waals surface area contributed by atoms with E-state index in [1.807, 2.05) is 0 Å². The Kier molecular flexibility index (Phi) is 8.97. The van der Waals surface area contributed by atoms with Crippen LogP contribution < -0.4 is 10.6 Å². The first-order chi connectivity index (χ1) is 17.3. The van der Waals surface area contributed by atoms with E-state index in [1.54, 1.807) is 37.3 Å². The summed E-state index contributed by atoms with van der Waals surface area (Å²) >= 11 is 0. The number of rotatable bonds is 11. The van der Waals surface area contributed by atoms with Gasteiger partial charge in [-0.05, 0) is 12.5 Å². The molecule has 0 saturated carbocycles. The second-order valence-corrected chi connectivity index (χ2v) is 7.79. The van der Waals surface area contributed by atoms with Crippen LogP contribution in [0.15, 0.2) is 36.4 Å². The number of esters is 1. The van der Waals surface area contributed by atoms with Crippen molar-refractivity contribution in [2.45, 2.75) is 32.5 Å². The number of carbonyl (C=O) groups is 5. The Labute approximate surface area is 206 Å². The molecular formula is C23H27N5O8. The Morgan fingerprint density at radius 3 is 2.58 bits per heavy atom. The van der Waals surface area contributed by atoms with Gasteiger partial charge in [0.15, 0.2) is 5.69 Å². The molecule has 0 bridgehead atoms. The van der Waals surface area contributed by atoms with E-state index >= 15 is 0 Å². The highest BCUT2D eigenvalue weighted by Crippen LogP contribution is 2.14. The number of nitrogens with one attached hydrogen (secondary N) is 2. The molecule has 13 heteroatoms. The van der Waals surface area contributed by atoms with Gasteiger partial charge in [0.1, 0.15) is 18.3 Å². The normalized spacial score (nSPS) is 13.4. The van der Waals surface area contributed by atoms with Gasteiger partial charge in [0.2, 0.25) is 0 Å². The van der Waals surface area contributed by atoms with Crippen LogP contribution in [0.3, 0.4) is 0 Å². The molecule has 3 N–H and O–H groups in total. The third-order valence-electron chi connectivity index (χ3n) is 5.26. The molecule has 0 aliphatic carbocycles. The van der Waals surface area contributed by atoms with Crippen molar-refractivity contribution in [2.75, 3.05) is 26.2 Å². The van der Waals surface area contributed by atoms with Crippen LogP contribution in [0, 0.1) is 0 Å². The maximum atomic E-state index is 12.7. The first kappa shape index (κ1) is 26.2. The van der Waals surface area contributed by atoms with Crippen LogP contribution in [-0.4, -0.2) is 81.9 Å². The number of alkyl carbamates (subject to hydrolysis) is 1. The molecule has 3 amide bonds. The number of benzene rings is 1. The zero-order valence-electron chi connectivity index (χ0n) is 19.6. The molecule has 0 spiro atoms. The Morgan fingerprint density at radius 2 is 1.89 bits per heavy atom. The molecule has 1 aromatic heterocycles. The van der Waals surface area contributed by atoms with Crippen molar-refractivity contribution in [3.8, 4) is 0 Å². The SMILES string of the molecule is CCOC(=O)CCN1CCn2nc(C(=O)NC[C@H](NC(=O)OCc3ccccc3)C(=O)O)cc2C1=O. The second-order valence-electron chi connectivity index (χ2n) is 7.79. The van der Waals surface area contributed by atoms with Gasteiger partial charge in [-0.3, -0.25) is 19.1 Å². The van der Waals surface area contributed by atoms with E-state index in [-0.39, 0.29) is 43.5 Å². The lowest BCUT2D eigenvalue weighted by Gasteiger charge is -2.26. The number of fused-ring (bicyclic) bond motifs is 1. The maximum absolute atomic E-state index is 12.7. The van der Waals surface area contributed by atoms with Crippen LogP contribution in [0.4, 0.5) is 4.79 Å². The van der Waals surface area contributed by atoms with Crippen molar-refractivity contribution in [3.05, 3.63) is 53.3 Å². The Morgan fingerprint density at radius 1 is 1.14 bits per heavy atom. The van der Waals surface area contributed by atoms with Gasteiger partial charge >= 0.3 is 18.0 Å². The van der Waals surface area contributed by atoms with Gasteiger partial charge < -0.3 is 30.1 Å². The summed E-state index contributed by atoms with van der Waals surface area (Å²) in [6, 6.07) is 8.69. The minimum atomic E-state index is -1.45. The minimum absolute atomic E-state index is 0.0452. The summed E-state index contributed by atoms with van der Waals surface area (Å²) in [5.41, 5.74) is 0.819. The molecule has 1 aliphatic heterocycles. The minimum Gasteiger partial charge on any atom is -0.480 e. The summed E-state index contributed by atoms with van der Waals surface area (Å²) in [6.07, 6.45) is -0.898. The number of aromatic nitrogens is 2. The third kappa shape index (κ3) is 7.04. The lowest BCUT2D eigenvalue weighted by molar-refractivity contribution is -0.143. The average molecular weight is 501 g/mol. The van der Waals surface area contributed by atoms with Crippen molar-refractivity contribution in [1.29, 1.82) is 0 Å². The molecule has 3 rings (SSSR count). The third-order valence-corrected chi connectivity index (χ3v) is 5.26. The molecule has 36 heavy (non-hydrogen) atoms. The lowest BCUT2D eigenvalue weighted by Crippen LogP contribution is -2.48. The van der Waals surface area contributed by atoms with Crippen molar-refractivity contribution >= 4 is 29.8 Å². The summed E-state index contributed by atoms with van der Waals surface area (Å²) < 4.78 is 11.3. The number of aliphatic carboxylic acids is 1. The summed E-state index contributed by atoms with van der Waals surface area (Å²) in [7, 11) is 0. The van der Waals surface area contributed by atoms with Crippen LogP contribution in [0.2, 0.25) is 0 Å². The van der Waals surface area contributed by atoms with Gasteiger partial charge in [-0.1, -0.05) is 30.3 Å². The summed E-state index contributed by atoms with van der Waals surface area (Å²) in [5, 5.41) is 18.1. The van der Waals surface area contributed by atoms with Crippen LogP contribution in [-0.2, 0) is 32.2 Å². The van der Waals surface area contributed by atoms with E-state index in [4.69, 9.17) is 9.47 Å². The van der Waals surface area contributed by atoms with E-state index in [2.05, 4.69) is 15.7 Å². The number of ether oxygens (including phenoxy) is 2. The van der Waals surface area contributed by atoms with Gasteiger partial charge in [0.05, 0.1) is 19.6 Å². The second kappa shape index (κ2) is 12.3. The smallest absolute Gasteiger partial charge is 0.408 e. The highest BCUT2D eigenvalue weighted by atomic mass is 16.5. The van der Waals surface area contributed by atoms with Crippen LogP contribution in [0.1, 0.15) is 39.9 Å². The molecule has 0 unspecified atom stereocenters. The number of amides is 3. The molecule has 0 radical (unpaired) electrons. The van der Waals surface area contributed by atoms with Crippen LogP contribution in [0.25, 0.3) is 0 Å². The van der Waals surface area contributed by atoms with Gasteiger partial charge in [-0.25, -0.2) is 9.59 Å². The fourth-order valence-electron chi connectivity index (χ4n) is 3.41. The van der Waals surface area contributed by atoms with Crippen molar-refractivity contribution < 1.29 is 38.6 Å². The van der Waals surface area contributed by atoms with Crippen molar-refractivity contribution in [2.24, 2.45) is 0 Å². The molecular weight excluding hydrogens is 474 g/mol. The highest BCUT2D eigenvalue weighted by molar-refractivity contribution is 5.98. The van der Waals surface area contributed by atoms with Crippen molar-refractivity contribution in [3.63, 3.8) is 0 Å². The van der Waals surface area contributed by atoms with Crippen LogP contribution >= 0.6 is 0 Å². The Bertz CT molecular complexity index is 1120. The monoisotopic (exact) mass is 501 g/mol. The van der Waals surface area contributed by atoms with E-state index in [0.29, 0.717) is 13.1 Å². The van der Waals surface area contributed by atoms with E-state index in [0.717, 1.165) is 5.56 Å². The first-order valence-electron chi connectivity index (χ1n) is 11.3. The fourth-order valence-corrected chi connectivity index (χ4v) is 3.41. The molecule has 1 aromatic carbocycles. The number of hydrogen-bond donors (Lipinski definition) is 3. The lowest BCUT2D eigenvalue weighted by atomic mass is 10.2. The quantitative estimate of drug-likeness (QED) is 0.369. The molecule has 1 atom stereocenters. The van der Waals surface area contributed by atoms with Crippen LogP contribution in [0.5, 0.6) is 0 Å². The Balaban J connectivity index is 1.52. The highest BCUT2D eigenvalue weighted by Gasteiger charge is 2.29. The van der Waals surface area contributed by atoms with E-state index < -0.39 is 36.5 Å². The molecule has 0 fully saturated rings. The zero-order chi connectivity index (χ0) is 26.1. The standard InChI is InChI=1S/C23H27N5O8/c1-2-35-19(29)8-9-27-10-11-28-18(21(27)31)12-16(26-28)20(30)24-13-17(22(32)33)25-23(34)36-14-15-6-4-3-5-7-15/h3-7,12,17H,2,8-11,13-14H2,1H3,(H,24,30)(H,25,34)(H,32,33)/t17-/m0/s1. The number of hydrogen-bond acceptors (Lipinski definition) is 8. The van der Waals surface area contributed by atoms with Gasteiger partial charge in [0.25, 0.3) is 11.8 Å². The van der Waals surface area contributed by atoms with E-state index in [9.17, 15) is 29.1 Å². The molecule has 2 aromatic rings. The molecule has 192 valence electrons. The molecule has 1 aliphatic rings. The predicted octanol–water partition coefficient (Wildman–Crippen LogP) is 0.402. The Hall–Kier alpha value is -4.42. The van der Waals surface area contributed by atoms with Gasteiger partial charge in [0, 0.05) is 25.7 Å². The summed E-state index contributed by atoms with van der Waals surface area (Å²) in [4.78, 5) is 61.8. The number of carbonyl (C=O) groups excluding carboxylic acids is 4. The molecule has 13 nitrogen and oxygen atoms in total. The summed E-state index contributed by atoms with van der Waals surface area (Å²) in [5.74, 6) is -2.88. The average Bonchev–Trinajstić information content (AvgIpc) is 3.31. The topological polar surface area (TPSA) is 169 Å². The predicted molar refractivity (Wildman–Crippen MR) is 123 cm³/mol. The van der Waals surface area contributed by atoms with Crippen molar-refractivity contribution in [1.82, 2.24) is 25.3 Å². The maximum Gasteiger partial charge on any atom is 0.408 e. The van der Waals surface area contributed by atoms with Gasteiger partial charge in [-0.15, -0.1) is 0 Å². The summed E-state index contributed by atoms with van der Waals surface area (Å²) in [6.45, 7) is 2.28. The van der Waals surface area contributed by atoms with Gasteiger partial charge in [-0.2, -0.15) is 5.10 Å². The molecule has 0 saturated heterocycles. The largest absolute Gasteiger partial charge is 0.480 e. The fraction of sp³-hybridized carbons (Fsp3) is 0.391. The number of carboxylic acid groups (broad SMARTS) is 1. The number of nitrogens with zero attached hydrogens (tertiary/aromatic N) is 3. The number of carboxylic acids is 1. The zero-order valence-corrected chi connectivity index (χ0v) is 19.6. The molecule has 2 heterocycles. The first-order valence-corrected chi connectivity index (χ1v) is 11.3.